The van der Waals surface area contributed by atoms with E-state index in [9.17, 15) is 0 Å². The molecular formula is C12H21NO3. The SMILES string of the molecule is CCOCCOC(c1ccco1)C(N)CC. The molecule has 4 heteroatoms. The normalized spacial score (nSPS) is 14.9. The molecule has 4 nitrogen and oxygen atoms in total. The van der Waals surface area contributed by atoms with Gasteiger partial charge in [0, 0.05) is 12.6 Å². The second-order valence-electron chi connectivity index (χ2n) is 3.58. The molecule has 0 bridgehead atoms. The van der Waals surface area contributed by atoms with Gasteiger partial charge in [-0.3, -0.25) is 0 Å². The van der Waals surface area contributed by atoms with Gasteiger partial charge in [-0.05, 0) is 25.5 Å². The highest BCUT2D eigenvalue weighted by molar-refractivity contribution is 5.04. The van der Waals surface area contributed by atoms with Crippen LogP contribution in [-0.2, 0) is 9.47 Å². The average molecular weight is 227 g/mol. The highest BCUT2D eigenvalue weighted by atomic mass is 16.5. The van der Waals surface area contributed by atoms with Gasteiger partial charge in [0.1, 0.15) is 11.9 Å². The largest absolute Gasteiger partial charge is 0.467 e. The highest BCUT2D eigenvalue weighted by Crippen LogP contribution is 2.22. The molecule has 0 fully saturated rings. The summed E-state index contributed by atoms with van der Waals surface area (Å²) in [6.07, 6.45) is 2.30. The summed E-state index contributed by atoms with van der Waals surface area (Å²) in [5, 5.41) is 0. The van der Waals surface area contributed by atoms with Crippen LogP contribution in [-0.4, -0.2) is 25.9 Å². The van der Waals surface area contributed by atoms with Crippen LogP contribution >= 0.6 is 0 Å². The van der Waals surface area contributed by atoms with Crippen molar-refractivity contribution in [3.8, 4) is 0 Å². The summed E-state index contributed by atoms with van der Waals surface area (Å²) in [6.45, 7) is 5.82. The molecule has 0 radical (unpaired) electrons. The van der Waals surface area contributed by atoms with Crippen molar-refractivity contribution in [1.82, 2.24) is 0 Å². The summed E-state index contributed by atoms with van der Waals surface area (Å²) < 4.78 is 16.2. The topological polar surface area (TPSA) is 57.6 Å². The summed E-state index contributed by atoms with van der Waals surface area (Å²) in [5.41, 5.74) is 6.00. The van der Waals surface area contributed by atoms with Gasteiger partial charge in [0.2, 0.25) is 0 Å². The van der Waals surface area contributed by atoms with E-state index in [4.69, 9.17) is 19.6 Å². The average Bonchev–Trinajstić information content (AvgIpc) is 2.82. The van der Waals surface area contributed by atoms with Crippen molar-refractivity contribution in [3.63, 3.8) is 0 Å². The Kier molecular flexibility index (Phi) is 6.15. The molecule has 0 aliphatic heterocycles. The Hall–Kier alpha value is -0.840. The maximum Gasteiger partial charge on any atom is 0.134 e. The van der Waals surface area contributed by atoms with Crippen LogP contribution in [0.5, 0.6) is 0 Å². The Balaban J connectivity index is 2.45. The fourth-order valence-electron chi connectivity index (χ4n) is 1.46. The van der Waals surface area contributed by atoms with Crippen LogP contribution in [0, 0.1) is 0 Å². The van der Waals surface area contributed by atoms with Crippen LogP contribution in [0.4, 0.5) is 0 Å². The molecular weight excluding hydrogens is 206 g/mol. The first-order valence-corrected chi connectivity index (χ1v) is 5.77. The Morgan fingerprint density at radius 3 is 2.75 bits per heavy atom. The maximum absolute atomic E-state index is 6.00. The standard InChI is InChI=1S/C12H21NO3/c1-3-10(13)12(11-6-5-7-15-11)16-9-8-14-4-2/h5-7,10,12H,3-4,8-9,13H2,1-2H3. The smallest absolute Gasteiger partial charge is 0.134 e. The lowest BCUT2D eigenvalue weighted by atomic mass is 10.1. The molecule has 0 aromatic carbocycles. The zero-order chi connectivity index (χ0) is 11.8. The number of hydrogen-bond acceptors (Lipinski definition) is 4. The molecule has 0 saturated carbocycles. The summed E-state index contributed by atoms with van der Waals surface area (Å²) in [6, 6.07) is 3.69. The molecule has 1 aromatic rings. The molecule has 0 aliphatic rings. The van der Waals surface area contributed by atoms with E-state index in [0.717, 1.165) is 12.2 Å². The van der Waals surface area contributed by atoms with Crippen LogP contribution < -0.4 is 5.73 Å². The summed E-state index contributed by atoms with van der Waals surface area (Å²) in [5.74, 6) is 0.783. The van der Waals surface area contributed by atoms with E-state index in [1.165, 1.54) is 0 Å². The maximum atomic E-state index is 6.00. The molecule has 0 aliphatic carbocycles. The Labute approximate surface area is 96.7 Å². The van der Waals surface area contributed by atoms with Gasteiger partial charge in [0.15, 0.2) is 0 Å². The second kappa shape index (κ2) is 7.44. The van der Waals surface area contributed by atoms with E-state index in [0.29, 0.717) is 19.8 Å². The first kappa shape index (κ1) is 13.2. The van der Waals surface area contributed by atoms with Crippen molar-refractivity contribution in [2.45, 2.75) is 32.4 Å². The number of ether oxygens (including phenoxy) is 2. The predicted molar refractivity (Wildman–Crippen MR) is 62.2 cm³/mol. The lowest BCUT2D eigenvalue weighted by Crippen LogP contribution is -2.30. The summed E-state index contributed by atoms with van der Waals surface area (Å²) in [7, 11) is 0. The zero-order valence-electron chi connectivity index (χ0n) is 10.0. The van der Waals surface area contributed by atoms with E-state index in [1.54, 1.807) is 6.26 Å². The molecule has 1 rings (SSSR count). The lowest BCUT2D eigenvalue weighted by Gasteiger charge is -2.21. The third-order valence-electron chi connectivity index (χ3n) is 2.41. The molecule has 2 N–H and O–H groups in total. The second-order valence-corrected chi connectivity index (χ2v) is 3.58. The van der Waals surface area contributed by atoms with Gasteiger partial charge in [-0.15, -0.1) is 0 Å². The molecule has 1 aromatic heterocycles. The van der Waals surface area contributed by atoms with Gasteiger partial charge < -0.3 is 19.6 Å². The van der Waals surface area contributed by atoms with Crippen LogP contribution in [0.15, 0.2) is 22.8 Å². The van der Waals surface area contributed by atoms with Gasteiger partial charge in [-0.25, -0.2) is 0 Å². The first-order valence-electron chi connectivity index (χ1n) is 5.77. The summed E-state index contributed by atoms with van der Waals surface area (Å²) in [4.78, 5) is 0. The molecule has 0 amide bonds. The van der Waals surface area contributed by atoms with E-state index in [2.05, 4.69) is 0 Å². The van der Waals surface area contributed by atoms with Crippen molar-refractivity contribution in [3.05, 3.63) is 24.2 Å². The molecule has 2 unspecified atom stereocenters. The minimum Gasteiger partial charge on any atom is -0.467 e. The van der Waals surface area contributed by atoms with E-state index in [-0.39, 0.29) is 12.1 Å². The van der Waals surface area contributed by atoms with Gasteiger partial charge in [0.25, 0.3) is 0 Å². The predicted octanol–water partition coefficient (Wildman–Crippen LogP) is 2.11. The van der Waals surface area contributed by atoms with E-state index in [1.807, 2.05) is 26.0 Å². The quantitative estimate of drug-likeness (QED) is 0.691. The number of rotatable bonds is 8. The zero-order valence-corrected chi connectivity index (χ0v) is 10.0. The summed E-state index contributed by atoms with van der Waals surface area (Å²) >= 11 is 0. The van der Waals surface area contributed by atoms with Gasteiger partial charge >= 0.3 is 0 Å². The molecule has 92 valence electrons. The molecule has 16 heavy (non-hydrogen) atoms. The van der Waals surface area contributed by atoms with Crippen molar-refractivity contribution in [1.29, 1.82) is 0 Å². The van der Waals surface area contributed by atoms with Gasteiger partial charge in [-0.1, -0.05) is 6.92 Å². The van der Waals surface area contributed by atoms with Crippen LogP contribution in [0.3, 0.4) is 0 Å². The third kappa shape index (κ3) is 3.96. The molecule has 0 saturated heterocycles. The van der Waals surface area contributed by atoms with Gasteiger partial charge in [0.05, 0.1) is 19.5 Å². The van der Waals surface area contributed by atoms with Crippen molar-refractivity contribution in [2.75, 3.05) is 19.8 Å². The fourth-order valence-corrected chi connectivity index (χ4v) is 1.46. The minimum atomic E-state index is -0.180. The van der Waals surface area contributed by atoms with Crippen molar-refractivity contribution in [2.24, 2.45) is 5.73 Å². The van der Waals surface area contributed by atoms with Gasteiger partial charge in [-0.2, -0.15) is 0 Å². The number of nitrogens with two attached hydrogens (primary N) is 1. The number of hydrogen-bond donors (Lipinski definition) is 1. The van der Waals surface area contributed by atoms with Crippen molar-refractivity contribution >= 4 is 0 Å². The third-order valence-corrected chi connectivity index (χ3v) is 2.41. The minimum absolute atomic E-state index is 0.0484. The first-order chi connectivity index (χ1) is 7.79. The molecule has 1 heterocycles. The molecule has 0 spiro atoms. The number of furan rings is 1. The monoisotopic (exact) mass is 227 g/mol. The van der Waals surface area contributed by atoms with E-state index >= 15 is 0 Å². The van der Waals surface area contributed by atoms with E-state index < -0.39 is 0 Å². The van der Waals surface area contributed by atoms with Crippen LogP contribution in [0.2, 0.25) is 0 Å². The van der Waals surface area contributed by atoms with Crippen LogP contribution in [0.25, 0.3) is 0 Å². The van der Waals surface area contributed by atoms with Crippen molar-refractivity contribution < 1.29 is 13.9 Å². The fraction of sp³-hybridized carbons (Fsp3) is 0.667. The Bertz CT molecular complexity index is 261. The van der Waals surface area contributed by atoms with Crippen LogP contribution in [0.1, 0.15) is 32.1 Å². The Morgan fingerprint density at radius 1 is 1.38 bits per heavy atom. The molecule has 2 atom stereocenters. The highest BCUT2D eigenvalue weighted by Gasteiger charge is 2.21. The lowest BCUT2D eigenvalue weighted by molar-refractivity contribution is -0.0150. The Morgan fingerprint density at radius 2 is 2.19 bits per heavy atom.